The van der Waals surface area contributed by atoms with E-state index in [-0.39, 0.29) is 21.9 Å². The largest absolute Gasteiger partial charge is 0.494 e. The van der Waals surface area contributed by atoms with Gasteiger partial charge in [-0.25, -0.2) is 17.9 Å². The summed E-state index contributed by atoms with van der Waals surface area (Å²) in [5.74, 6) is 0.238. The van der Waals surface area contributed by atoms with Crippen LogP contribution in [0.3, 0.4) is 0 Å². The molecule has 35 heavy (non-hydrogen) atoms. The van der Waals surface area contributed by atoms with E-state index in [1.807, 2.05) is 24.3 Å². The summed E-state index contributed by atoms with van der Waals surface area (Å²) in [4.78, 5) is 11.7. The van der Waals surface area contributed by atoms with Gasteiger partial charge in [-0.1, -0.05) is 31.5 Å². The molecular weight excluding hydrogens is 468 g/mol. The van der Waals surface area contributed by atoms with Crippen molar-refractivity contribution >= 4 is 27.4 Å². The summed E-state index contributed by atoms with van der Waals surface area (Å²) in [6.45, 7) is 2.84. The van der Waals surface area contributed by atoms with E-state index in [1.54, 1.807) is 6.07 Å². The number of carboxylic acid groups (broad SMARTS) is 1. The molecule has 0 saturated carbocycles. The maximum absolute atomic E-state index is 12.2. The number of hydrogen-bond donors (Lipinski definition) is 3. The third kappa shape index (κ3) is 5.58. The smallest absolute Gasteiger partial charge is 0.338 e. The van der Waals surface area contributed by atoms with Crippen LogP contribution in [0.25, 0.3) is 0 Å². The predicted octanol–water partition coefficient (Wildman–Crippen LogP) is 5.11. The molecule has 0 aromatic heterocycles. The molecule has 3 N–H and O–H groups in total. The quantitative estimate of drug-likeness (QED) is 0.262. The Kier molecular flexibility index (Phi) is 7.28. The van der Waals surface area contributed by atoms with Crippen LogP contribution in [0.4, 0.5) is 11.4 Å². The molecule has 0 atom stereocenters. The molecule has 3 aromatic carbocycles. The molecule has 8 nitrogen and oxygen atoms in total. The van der Waals surface area contributed by atoms with Crippen LogP contribution in [-0.2, 0) is 22.9 Å². The molecule has 1 aliphatic rings. The number of carbonyl (C=O) groups is 1. The van der Waals surface area contributed by atoms with E-state index in [0.717, 1.165) is 48.6 Å². The van der Waals surface area contributed by atoms with Crippen molar-refractivity contribution in [3.05, 3.63) is 71.3 Å². The third-order valence-electron chi connectivity index (χ3n) is 5.78. The summed E-state index contributed by atoms with van der Waals surface area (Å²) in [5, 5.41) is 12.8. The van der Waals surface area contributed by atoms with E-state index in [1.165, 1.54) is 13.1 Å². The summed E-state index contributed by atoms with van der Waals surface area (Å²) >= 11 is 0. The number of ether oxygens (including phenoxy) is 2. The SMILES string of the molecule is CCCCOc1cccc(CCc2ccc3c(c2)Nc2c(cc(S(=O)(=O)NC)cc2C(=O)O)O3)c1. The molecule has 9 heteroatoms. The van der Waals surface area contributed by atoms with Gasteiger partial charge in [-0.05, 0) is 67.8 Å². The highest BCUT2D eigenvalue weighted by Gasteiger charge is 2.27. The van der Waals surface area contributed by atoms with Crippen LogP contribution in [0.1, 0.15) is 41.3 Å². The van der Waals surface area contributed by atoms with Gasteiger partial charge in [0.1, 0.15) is 5.75 Å². The van der Waals surface area contributed by atoms with Crippen molar-refractivity contribution in [2.75, 3.05) is 19.0 Å². The summed E-state index contributed by atoms with van der Waals surface area (Å²) < 4.78 is 38.4. The van der Waals surface area contributed by atoms with Crippen molar-refractivity contribution in [2.45, 2.75) is 37.5 Å². The first-order valence-corrected chi connectivity index (χ1v) is 12.9. The van der Waals surface area contributed by atoms with Gasteiger partial charge >= 0.3 is 5.97 Å². The summed E-state index contributed by atoms with van der Waals surface area (Å²) in [7, 11) is -2.58. The highest BCUT2D eigenvalue weighted by Crippen LogP contribution is 2.45. The zero-order valence-electron chi connectivity index (χ0n) is 19.6. The zero-order valence-corrected chi connectivity index (χ0v) is 20.4. The van der Waals surface area contributed by atoms with Gasteiger partial charge in [-0.15, -0.1) is 0 Å². The van der Waals surface area contributed by atoms with Crippen LogP contribution in [0.15, 0.2) is 59.5 Å². The lowest BCUT2D eigenvalue weighted by atomic mass is 10.0. The van der Waals surface area contributed by atoms with Crippen LogP contribution in [-0.4, -0.2) is 33.1 Å². The first-order valence-electron chi connectivity index (χ1n) is 11.4. The molecule has 1 heterocycles. The number of unbranched alkanes of at least 4 members (excludes halogenated alkanes) is 1. The maximum Gasteiger partial charge on any atom is 0.338 e. The van der Waals surface area contributed by atoms with Gasteiger partial charge in [0.2, 0.25) is 10.0 Å². The second-order valence-electron chi connectivity index (χ2n) is 8.26. The minimum absolute atomic E-state index is 0.138. The number of sulfonamides is 1. The second-order valence-corrected chi connectivity index (χ2v) is 10.2. The topological polar surface area (TPSA) is 114 Å². The molecule has 3 aromatic rings. The summed E-state index contributed by atoms with van der Waals surface area (Å²) in [5.41, 5.74) is 2.87. The van der Waals surface area contributed by atoms with Gasteiger partial charge in [-0.2, -0.15) is 0 Å². The van der Waals surface area contributed by atoms with Gasteiger partial charge in [0.25, 0.3) is 0 Å². The first-order chi connectivity index (χ1) is 16.8. The van der Waals surface area contributed by atoms with E-state index in [2.05, 4.69) is 29.1 Å². The number of anilines is 2. The van der Waals surface area contributed by atoms with Crippen LogP contribution in [0.2, 0.25) is 0 Å². The number of aromatic carboxylic acids is 1. The molecule has 4 rings (SSSR count). The molecule has 0 amide bonds. The molecule has 0 saturated heterocycles. The average molecular weight is 497 g/mol. The van der Waals surface area contributed by atoms with E-state index >= 15 is 0 Å². The lowest BCUT2D eigenvalue weighted by Crippen LogP contribution is -2.20. The first kappa shape index (κ1) is 24.6. The highest BCUT2D eigenvalue weighted by molar-refractivity contribution is 7.89. The fraction of sp³-hybridized carbons (Fsp3) is 0.269. The number of aryl methyl sites for hydroxylation is 2. The fourth-order valence-electron chi connectivity index (χ4n) is 3.83. The Morgan fingerprint density at radius 3 is 2.54 bits per heavy atom. The lowest BCUT2D eigenvalue weighted by molar-refractivity contribution is 0.0697. The Hall–Kier alpha value is -3.56. The van der Waals surface area contributed by atoms with Gasteiger partial charge < -0.3 is 19.9 Å². The van der Waals surface area contributed by atoms with Crippen molar-refractivity contribution < 1.29 is 27.8 Å². The Morgan fingerprint density at radius 1 is 1.06 bits per heavy atom. The van der Waals surface area contributed by atoms with Crippen LogP contribution < -0.4 is 19.5 Å². The number of carboxylic acids is 1. The Balaban J connectivity index is 1.53. The van der Waals surface area contributed by atoms with Crippen molar-refractivity contribution in [1.82, 2.24) is 4.72 Å². The molecule has 1 aliphatic heterocycles. The number of hydrogen-bond acceptors (Lipinski definition) is 6. The van der Waals surface area contributed by atoms with Gasteiger partial charge in [0.05, 0.1) is 28.4 Å². The highest BCUT2D eigenvalue weighted by atomic mass is 32.2. The Labute approximate surface area is 205 Å². The fourth-order valence-corrected chi connectivity index (χ4v) is 4.60. The summed E-state index contributed by atoms with van der Waals surface area (Å²) in [6.07, 6.45) is 3.69. The van der Waals surface area contributed by atoms with Crippen LogP contribution >= 0.6 is 0 Å². The molecule has 0 spiro atoms. The molecular formula is C26H28N2O6S. The summed E-state index contributed by atoms with van der Waals surface area (Å²) in [6, 6.07) is 16.2. The number of fused-ring (bicyclic) bond motifs is 2. The third-order valence-corrected chi connectivity index (χ3v) is 7.17. The molecule has 184 valence electrons. The minimum atomic E-state index is -3.85. The predicted molar refractivity (Wildman–Crippen MR) is 134 cm³/mol. The van der Waals surface area contributed by atoms with Gasteiger partial charge in [-0.3, -0.25) is 0 Å². The Bertz CT molecular complexity index is 1350. The van der Waals surface area contributed by atoms with Crippen molar-refractivity contribution in [2.24, 2.45) is 0 Å². The second kappa shape index (κ2) is 10.4. The van der Waals surface area contributed by atoms with Gasteiger partial charge in [0, 0.05) is 6.07 Å². The average Bonchev–Trinajstić information content (AvgIpc) is 2.85. The van der Waals surface area contributed by atoms with E-state index in [9.17, 15) is 18.3 Å². The Morgan fingerprint density at radius 2 is 1.83 bits per heavy atom. The molecule has 0 aliphatic carbocycles. The van der Waals surface area contributed by atoms with E-state index < -0.39 is 16.0 Å². The number of rotatable bonds is 10. The van der Waals surface area contributed by atoms with Crippen molar-refractivity contribution in [3.8, 4) is 17.2 Å². The number of benzene rings is 3. The normalized spacial score (nSPS) is 12.2. The van der Waals surface area contributed by atoms with Gasteiger partial charge in [0.15, 0.2) is 11.5 Å². The molecule has 0 unspecified atom stereocenters. The van der Waals surface area contributed by atoms with Crippen molar-refractivity contribution in [1.29, 1.82) is 0 Å². The van der Waals surface area contributed by atoms with Crippen LogP contribution in [0, 0.1) is 0 Å². The minimum Gasteiger partial charge on any atom is -0.494 e. The van der Waals surface area contributed by atoms with Crippen LogP contribution in [0.5, 0.6) is 17.2 Å². The van der Waals surface area contributed by atoms with E-state index in [4.69, 9.17) is 9.47 Å². The standard InChI is InChI=1S/C26H28N2O6S/c1-3-4-12-33-19-7-5-6-17(13-19)8-9-18-10-11-23-22(14-18)28-25-21(26(29)30)15-20(16-24(25)34-23)35(31,32)27-2/h5-7,10-11,13-16,27-28H,3-4,8-9,12H2,1-2H3,(H,29,30). The molecule has 0 fully saturated rings. The number of nitrogens with one attached hydrogen (secondary N) is 2. The van der Waals surface area contributed by atoms with E-state index in [0.29, 0.717) is 18.0 Å². The monoisotopic (exact) mass is 496 g/mol. The maximum atomic E-state index is 12.2. The van der Waals surface area contributed by atoms with Crippen molar-refractivity contribution in [3.63, 3.8) is 0 Å². The molecule has 0 bridgehead atoms. The molecule has 0 radical (unpaired) electrons. The lowest BCUT2D eigenvalue weighted by Gasteiger charge is -2.24. The zero-order chi connectivity index (χ0) is 25.0.